The second kappa shape index (κ2) is 2.26. The van der Waals surface area contributed by atoms with Gasteiger partial charge in [0.25, 0.3) is 0 Å². The van der Waals surface area contributed by atoms with Gasteiger partial charge < -0.3 is 10.1 Å². The summed E-state index contributed by atoms with van der Waals surface area (Å²) in [4.78, 5) is 11.2. The minimum absolute atomic E-state index is 0.0486. The Kier molecular flexibility index (Phi) is 1.38. The number of alkyl carbamates (subject to hydrolysis) is 1. The van der Waals surface area contributed by atoms with Crippen LogP contribution in [-0.2, 0) is 4.74 Å². The van der Waals surface area contributed by atoms with Crippen LogP contribution in [0.15, 0.2) is 0 Å². The van der Waals surface area contributed by atoms with Crippen LogP contribution in [0.2, 0.25) is 0 Å². The lowest BCUT2D eigenvalue weighted by Crippen LogP contribution is -2.58. The van der Waals surface area contributed by atoms with Crippen molar-refractivity contribution in [1.82, 2.24) is 5.32 Å². The van der Waals surface area contributed by atoms with E-state index in [4.69, 9.17) is 4.74 Å². The van der Waals surface area contributed by atoms with Crippen molar-refractivity contribution in [2.45, 2.75) is 38.6 Å². The van der Waals surface area contributed by atoms with Gasteiger partial charge in [-0.15, -0.1) is 0 Å². The van der Waals surface area contributed by atoms with Gasteiger partial charge in [0, 0.05) is 0 Å². The van der Waals surface area contributed by atoms with Gasteiger partial charge in [0.05, 0.1) is 5.54 Å². The minimum Gasteiger partial charge on any atom is -0.447 e. The first-order valence-corrected chi connectivity index (χ1v) is 5.51. The number of hydrogen-bond donors (Lipinski definition) is 1. The molecule has 78 valence electrons. The van der Waals surface area contributed by atoms with Crippen LogP contribution in [0.3, 0.4) is 0 Å². The molecule has 0 unspecified atom stereocenters. The number of carbonyl (C=O) groups is 1. The Hall–Kier alpha value is -0.730. The molecule has 3 rings (SSSR count). The van der Waals surface area contributed by atoms with Crippen LogP contribution in [-0.4, -0.2) is 18.2 Å². The van der Waals surface area contributed by atoms with Gasteiger partial charge in [-0.25, -0.2) is 4.79 Å². The molecule has 1 heterocycles. The van der Waals surface area contributed by atoms with Gasteiger partial charge in [-0.2, -0.15) is 0 Å². The average Bonchev–Trinajstić information content (AvgIpc) is 2.72. The van der Waals surface area contributed by atoms with E-state index in [2.05, 4.69) is 19.2 Å². The highest BCUT2D eigenvalue weighted by molar-refractivity contribution is 5.71. The zero-order valence-electron chi connectivity index (χ0n) is 8.80. The lowest BCUT2D eigenvalue weighted by Gasteiger charge is -2.45. The third-order valence-corrected chi connectivity index (χ3v) is 5.06. The van der Waals surface area contributed by atoms with Crippen molar-refractivity contribution in [1.29, 1.82) is 0 Å². The van der Waals surface area contributed by atoms with Crippen molar-refractivity contribution in [3.05, 3.63) is 0 Å². The molecule has 1 saturated heterocycles. The highest BCUT2D eigenvalue weighted by atomic mass is 16.6. The summed E-state index contributed by atoms with van der Waals surface area (Å²) in [7, 11) is 0. The number of carbonyl (C=O) groups excluding carboxylic acids is 1. The van der Waals surface area contributed by atoms with Gasteiger partial charge in [0.2, 0.25) is 0 Å². The lowest BCUT2D eigenvalue weighted by atomic mass is 9.64. The summed E-state index contributed by atoms with van der Waals surface area (Å²) >= 11 is 0. The third kappa shape index (κ3) is 0.733. The molecule has 3 nitrogen and oxygen atoms in total. The van der Waals surface area contributed by atoms with E-state index in [-0.39, 0.29) is 17.0 Å². The molecular formula is C11H17NO2. The maximum absolute atomic E-state index is 11.2. The molecule has 0 aromatic carbocycles. The van der Waals surface area contributed by atoms with Gasteiger partial charge in [0.1, 0.15) is 6.61 Å². The van der Waals surface area contributed by atoms with Gasteiger partial charge >= 0.3 is 6.09 Å². The molecule has 3 atom stereocenters. The number of nitrogens with one attached hydrogen (secondary N) is 1. The van der Waals surface area contributed by atoms with Crippen LogP contribution in [0.4, 0.5) is 4.79 Å². The summed E-state index contributed by atoms with van der Waals surface area (Å²) in [6.07, 6.45) is 3.65. The summed E-state index contributed by atoms with van der Waals surface area (Å²) in [6, 6.07) is 0. The predicted octanol–water partition coefficient (Wildman–Crippen LogP) is 1.92. The number of fused-ring (bicyclic) bond motifs is 3. The molecule has 3 heteroatoms. The maximum Gasteiger partial charge on any atom is 0.407 e. The third-order valence-electron chi connectivity index (χ3n) is 5.06. The van der Waals surface area contributed by atoms with Crippen LogP contribution >= 0.6 is 0 Å². The van der Waals surface area contributed by atoms with Crippen LogP contribution in [0, 0.1) is 17.3 Å². The molecule has 0 radical (unpaired) electrons. The Morgan fingerprint density at radius 2 is 2.07 bits per heavy atom. The zero-order chi connectivity index (χ0) is 9.97. The summed E-state index contributed by atoms with van der Waals surface area (Å²) in [5, 5.41) is 3.09. The molecule has 0 aromatic rings. The second-order valence-corrected chi connectivity index (χ2v) is 5.60. The van der Waals surface area contributed by atoms with E-state index >= 15 is 0 Å². The Labute approximate surface area is 84.2 Å². The van der Waals surface area contributed by atoms with Crippen molar-refractivity contribution in [2.24, 2.45) is 17.3 Å². The molecule has 14 heavy (non-hydrogen) atoms. The fraction of sp³-hybridized carbons (Fsp3) is 0.909. The topological polar surface area (TPSA) is 38.3 Å². The number of amides is 1. The van der Waals surface area contributed by atoms with Crippen LogP contribution in [0.1, 0.15) is 33.1 Å². The zero-order valence-corrected chi connectivity index (χ0v) is 8.80. The van der Waals surface area contributed by atoms with Gasteiger partial charge in [-0.1, -0.05) is 13.8 Å². The van der Waals surface area contributed by atoms with E-state index in [0.717, 1.165) is 5.92 Å². The van der Waals surface area contributed by atoms with Crippen LogP contribution in [0.5, 0.6) is 0 Å². The number of ether oxygens (including phenoxy) is 1. The number of cyclic esters (lactones) is 1. The van der Waals surface area contributed by atoms with Gasteiger partial charge in [0.15, 0.2) is 0 Å². The Morgan fingerprint density at radius 3 is 2.57 bits per heavy atom. The van der Waals surface area contributed by atoms with E-state index in [0.29, 0.717) is 12.5 Å². The Bertz CT molecular complexity index is 300. The van der Waals surface area contributed by atoms with Crippen molar-refractivity contribution >= 4 is 6.09 Å². The molecule has 1 spiro atoms. The van der Waals surface area contributed by atoms with Crippen LogP contribution < -0.4 is 5.32 Å². The number of hydrogen-bond acceptors (Lipinski definition) is 2. The molecule has 0 aromatic heterocycles. The van der Waals surface area contributed by atoms with E-state index in [1.807, 2.05) is 0 Å². The van der Waals surface area contributed by atoms with E-state index in [1.54, 1.807) is 0 Å². The van der Waals surface area contributed by atoms with Crippen molar-refractivity contribution in [2.75, 3.05) is 6.61 Å². The molecule has 3 fully saturated rings. The van der Waals surface area contributed by atoms with Gasteiger partial charge in [-0.05, 0) is 36.5 Å². The maximum atomic E-state index is 11.2. The fourth-order valence-electron chi connectivity index (χ4n) is 3.98. The molecule has 2 saturated carbocycles. The second-order valence-electron chi connectivity index (χ2n) is 5.60. The minimum atomic E-state index is -0.217. The first-order valence-electron chi connectivity index (χ1n) is 5.51. The smallest absolute Gasteiger partial charge is 0.407 e. The largest absolute Gasteiger partial charge is 0.447 e. The quantitative estimate of drug-likeness (QED) is 0.641. The van der Waals surface area contributed by atoms with Crippen molar-refractivity contribution < 1.29 is 9.53 Å². The van der Waals surface area contributed by atoms with Crippen molar-refractivity contribution in [3.63, 3.8) is 0 Å². The molecule has 2 bridgehead atoms. The lowest BCUT2D eigenvalue weighted by molar-refractivity contribution is 0.0550. The summed E-state index contributed by atoms with van der Waals surface area (Å²) in [6.45, 7) is 5.15. The number of rotatable bonds is 0. The van der Waals surface area contributed by atoms with Crippen LogP contribution in [0.25, 0.3) is 0 Å². The Morgan fingerprint density at radius 1 is 1.36 bits per heavy atom. The predicted molar refractivity (Wildman–Crippen MR) is 51.8 cm³/mol. The molecule has 3 aliphatic rings. The highest BCUT2D eigenvalue weighted by Gasteiger charge is 2.66. The molecule has 1 N–H and O–H groups in total. The summed E-state index contributed by atoms with van der Waals surface area (Å²) in [5.74, 6) is 1.42. The van der Waals surface area contributed by atoms with E-state index < -0.39 is 0 Å². The Balaban J connectivity index is 2.02. The first-order chi connectivity index (χ1) is 6.56. The SMILES string of the molecule is CC1(C)[C@@H]2CC[C@@H](C2)[C@@]12COC(=O)N2. The monoisotopic (exact) mass is 195 g/mol. The molecule has 1 aliphatic heterocycles. The molecular weight excluding hydrogens is 178 g/mol. The van der Waals surface area contributed by atoms with E-state index in [1.165, 1.54) is 19.3 Å². The average molecular weight is 195 g/mol. The normalized spacial score (nSPS) is 48.3. The molecule has 1 amide bonds. The highest BCUT2D eigenvalue weighted by Crippen LogP contribution is 2.62. The molecule has 2 aliphatic carbocycles. The summed E-state index contributed by atoms with van der Waals surface area (Å²) < 4.78 is 5.13. The fourth-order valence-corrected chi connectivity index (χ4v) is 3.98. The van der Waals surface area contributed by atoms with E-state index in [9.17, 15) is 4.79 Å². The first kappa shape index (κ1) is 8.57. The van der Waals surface area contributed by atoms with Crippen molar-refractivity contribution in [3.8, 4) is 0 Å². The summed E-state index contributed by atoms with van der Waals surface area (Å²) in [5.41, 5.74) is 0.162. The standard InChI is InChI=1S/C11H17NO2/c1-10(2)7-3-4-8(5-7)11(10)6-14-9(13)12-11/h7-8H,3-6H2,1-2H3,(H,12,13)/t7-,8+,11+/m1/s1. The van der Waals surface area contributed by atoms with Gasteiger partial charge in [-0.3, -0.25) is 0 Å².